The fraction of sp³-hybridized carbons (Fsp3) is 0.375. The zero-order chi connectivity index (χ0) is 9.82. The second-order valence-electron chi connectivity index (χ2n) is 1.81. The molecule has 0 aromatic rings. The molecule has 0 aliphatic rings. The van der Waals surface area contributed by atoms with Gasteiger partial charge in [-0.3, -0.25) is 0 Å². The minimum absolute atomic E-state index is 0.513. The van der Waals surface area contributed by atoms with Crippen LogP contribution in [0, 0.1) is 0 Å². The Morgan fingerprint density at radius 2 is 1.58 bits per heavy atom. The summed E-state index contributed by atoms with van der Waals surface area (Å²) >= 11 is 0. The third-order valence-corrected chi connectivity index (χ3v) is 0.819. The molecule has 1 N–H and O–H groups in total. The summed E-state index contributed by atoms with van der Waals surface area (Å²) in [6.07, 6.45) is 4.21. The Morgan fingerprint density at radius 3 is 1.75 bits per heavy atom. The third kappa shape index (κ3) is 23.5. The van der Waals surface area contributed by atoms with Crippen LogP contribution in [-0.4, -0.2) is 23.6 Å². The molecule has 68 valence electrons. The Bertz CT molecular complexity index is 143. The Balaban J connectivity index is 0. The smallest absolute Gasteiger partial charge is 0.327 e. The summed E-state index contributed by atoms with van der Waals surface area (Å²) < 4.78 is 0. The van der Waals surface area contributed by atoms with Crippen LogP contribution < -0.4 is 0 Å². The molecule has 4 heteroatoms. The second-order valence-corrected chi connectivity index (χ2v) is 1.81. The van der Waals surface area contributed by atoms with Crippen molar-refractivity contribution in [1.29, 1.82) is 0 Å². The fourth-order valence-corrected chi connectivity index (χ4v) is 0.285. The van der Waals surface area contributed by atoms with Gasteiger partial charge in [-0.25, -0.2) is 4.79 Å². The van der Waals surface area contributed by atoms with Gasteiger partial charge in [-0.05, 0) is 6.42 Å². The molecule has 0 aromatic carbocycles. The van der Waals surface area contributed by atoms with E-state index in [1.54, 1.807) is 0 Å². The Morgan fingerprint density at radius 1 is 1.25 bits per heavy atom. The molecule has 0 spiro atoms. The summed E-state index contributed by atoms with van der Waals surface area (Å²) in [6.45, 7) is 2.96. The molecule has 0 rings (SSSR count). The summed E-state index contributed by atoms with van der Waals surface area (Å²) in [5, 5.41) is 7.60. The molecular weight excluding hydrogens is 160 g/mol. The Kier molecular flexibility index (Phi) is 13.4. The van der Waals surface area contributed by atoms with Gasteiger partial charge in [-0.15, -0.1) is 0 Å². The first-order valence-corrected chi connectivity index (χ1v) is 3.41. The lowest BCUT2D eigenvalue weighted by Crippen LogP contribution is -1.82. The van der Waals surface area contributed by atoms with E-state index < -0.39 is 5.97 Å². The molecule has 0 aliphatic heterocycles. The van der Waals surface area contributed by atoms with Crippen LogP contribution in [0.1, 0.15) is 19.3 Å². The quantitative estimate of drug-likeness (QED) is 0.378. The van der Waals surface area contributed by atoms with Crippen LogP contribution >= 0.6 is 0 Å². The maximum atomic E-state index is 9.56. The average Bonchev–Trinajstić information content (AvgIpc) is 2.07. The van der Waals surface area contributed by atoms with E-state index in [0.717, 1.165) is 18.6 Å². The molecule has 0 aliphatic carbocycles. The molecule has 0 saturated heterocycles. The van der Waals surface area contributed by atoms with E-state index in [-0.39, 0.29) is 0 Å². The van der Waals surface area contributed by atoms with Crippen molar-refractivity contribution in [2.24, 2.45) is 0 Å². The summed E-state index contributed by atoms with van der Waals surface area (Å²) in [5.41, 5.74) is 0. The first-order valence-electron chi connectivity index (χ1n) is 3.41. The van der Waals surface area contributed by atoms with Crippen LogP contribution in [0.25, 0.3) is 0 Å². The molecule has 0 saturated carbocycles. The van der Waals surface area contributed by atoms with E-state index in [1.165, 1.54) is 0 Å². The number of carbonyl (C=O) groups excluding carboxylic acids is 2. The molecule has 12 heavy (non-hydrogen) atoms. The Hall–Kier alpha value is -1.45. The van der Waals surface area contributed by atoms with Crippen LogP contribution in [0.2, 0.25) is 0 Å². The highest BCUT2D eigenvalue weighted by atomic mass is 16.4. The summed E-state index contributed by atoms with van der Waals surface area (Å²) in [4.78, 5) is 28.4. The summed E-state index contributed by atoms with van der Waals surface area (Å²) in [5.74, 6) is -0.981. The minimum atomic E-state index is -0.981. The highest BCUT2D eigenvalue weighted by molar-refractivity contribution is 5.78. The van der Waals surface area contributed by atoms with Crippen molar-refractivity contribution in [3.63, 3.8) is 0 Å². The van der Waals surface area contributed by atoms with Crippen molar-refractivity contribution in [2.45, 2.75) is 19.3 Å². The monoisotopic (exact) mass is 172 g/mol. The molecule has 0 aromatic heterocycles. The average molecular weight is 172 g/mol. The number of carboxylic acid groups (broad SMARTS) is 1. The van der Waals surface area contributed by atoms with Crippen molar-refractivity contribution in [2.75, 3.05) is 0 Å². The highest BCUT2D eigenvalue weighted by Gasteiger charge is 1.80. The highest BCUT2D eigenvalue weighted by Crippen LogP contribution is 1.85. The van der Waals surface area contributed by atoms with Gasteiger partial charge >= 0.3 is 5.97 Å². The van der Waals surface area contributed by atoms with Crippen LogP contribution in [0.4, 0.5) is 0 Å². The topological polar surface area (TPSA) is 71.4 Å². The van der Waals surface area contributed by atoms with E-state index >= 15 is 0 Å². The number of unbranched alkanes of at least 4 members (excludes halogenated alkanes) is 2. The van der Waals surface area contributed by atoms with Crippen LogP contribution in [0.15, 0.2) is 12.7 Å². The molecule has 0 atom stereocenters. The number of hydrogen-bond donors (Lipinski definition) is 1. The molecule has 0 amide bonds. The lowest BCUT2D eigenvalue weighted by molar-refractivity contribution is -0.131. The van der Waals surface area contributed by atoms with Crippen LogP contribution in [-0.2, 0) is 14.4 Å². The fourth-order valence-electron chi connectivity index (χ4n) is 0.285. The second kappa shape index (κ2) is 12.2. The third-order valence-electron chi connectivity index (χ3n) is 0.819. The molecule has 0 bridgehead atoms. The van der Waals surface area contributed by atoms with Gasteiger partial charge in [0.1, 0.15) is 12.6 Å². The van der Waals surface area contributed by atoms with E-state index in [9.17, 15) is 14.4 Å². The summed E-state index contributed by atoms with van der Waals surface area (Å²) in [6, 6.07) is 0. The van der Waals surface area contributed by atoms with Crippen molar-refractivity contribution in [3.8, 4) is 0 Å². The van der Waals surface area contributed by atoms with Gasteiger partial charge in [0.2, 0.25) is 0 Å². The first-order chi connectivity index (χ1) is 5.68. The lowest BCUT2D eigenvalue weighted by Gasteiger charge is -1.78. The van der Waals surface area contributed by atoms with E-state index in [4.69, 9.17) is 5.11 Å². The zero-order valence-corrected chi connectivity index (χ0v) is 6.73. The van der Waals surface area contributed by atoms with Gasteiger partial charge in [-0.1, -0.05) is 6.58 Å². The normalized spacial score (nSPS) is 7.33. The van der Waals surface area contributed by atoms with Crippen molar-refractivity contribution >= 4 is 18.5 Å². The van der Waals surface area contributed by atoms with Crippen LogP contribution in [0.5, 0.6) is 0 Å². The number of carboxylic acids is 1. The predicted molar refractivity (Wildman–Crippen MR) is 43.8 cm³/mol. The van der Waals surface area contributed by atoms with Gasteiger partial charge in [0.15, 0.2) is 0 Å². The number of aliphatic carboxylic acids is 1. The van der Waals surface area contributed by atoms with Gasteiger partial charge in [0.25, 0.3) is 0 Å². The van der Waals surface area contributed by atoms with Gasteiger partial charge < -0.3 is 14.7 Å². The molecule has 4 nitrogen and oxygen atoms in total. The Labute approximate surface area is 70.9 Å². The first kappa shape index (κ1) is 13.2. The predicted octanol–water partition coefficient (Wildman–Crippen LogP) is 0.812. The molecule has 0 unspecified atom stereocenters. The SMILES string of the molecule is C=CC(=O)O.O=CCCCC=O. The molecule has 0 heterocycles. The number of aldehydes is 2. The molecule has 0 radical (unpaired) electrons. The van der Waals surface area contributed by atoms with Crippen molar-refractivity contribution in [3.05, 3.63) is 12.7 Å². The van der Waals surface area contributed by atoms with Gasteiger partial charge in [-0.2, -0.15) is 0 Å². The minimum Gasteiger partial charge on any atom is -0.478 e. The maximum Gasteiger partial charge on any atom is 0.327 e. The maximum absolute atomic E-state index is 9.56. The zero-order valence-electron chi connectivity index (χ0n) is 6.73. The molecular formula is C8H12O4. The van der Waals surface area contributed by atoms with Gasteiger partial charge in [0.05, 0.1) is 0 Å². The van der Waals surface area contributed by atoms with Gasteiger partial charge in [0, 0.05) is 18.9 Å². The standard InChI is InChI=1S/C5H8O2.C3H4O2/c6-4-2-1-3-5-7;1-2-3(4)5/h4-5H,1-3H2;2H,1H2,(H,4,5). The lowest BCUT2D eigenvalue weighted by atomic mass is 10.3. The molecule has 0 fully saturated rings. The largest absolute Gasteiger partial charge is 0.478 e. The van der Waals surface area contributed by atoms with E-state index in [2.05, 4.69) is 6.58 Å². The number of hydrogen-bond acceptors (Lipinski definition) is 3. The number of carbonyl (C=O) groups is 3. The summed E-state index contributed by atoms with van der Waals surface area (Å²) in [7, 11) is 0. The van der Waals surface area contributed by atoms with Crippen molar-refractivity contribution in [1.82, 2.24) is 0 Å². The van der Waals surface area contributed by atoms with Crippen LogP contribution in [0.3, 0.4) is 0 Å². The van der Waals surface area contributed by atoms with Crippen molar-refractivity contribution < 1.29 is 19.5 Å². The number of rotatable bonds is 5. The van der Waals surface area contributed by atoms with E-state index in [0.29, 0.717) is 19.3 Å². The van der Waals surface area contributed by atoms with E-state index in [1.807, 2.05) is 0 Å².